The van der Waals surface area contributed by atoms with Crippen LogP contribution in [0.1, 0.15) is 58.8 Å². The Labute approximate surface area is 116 Å². The van der Waals surface area contributed by atoms with Gasteiger partial charge < -0.3 is 9.47 Å². The predicted octanol–water partition coefficient (Wildman–Crippen LogP) is 3.40. The summed E-state index contributed by atoms with van der Waals surface area (Å²) in [6, 6.07) is 0. The molecule has 0 aromatic rings. The Hall–Kier alpha value is -1.32. The van der Waals surface area contributed by atoms with Crippen LogP contribution in [0.15, 0.2) is 11.1 Å². The summed E-state index contributed by atoms with van der Waals surface area (Å²) >= 11 is 0. The van der Waals surface area contributed by atoms with Crippen molar-refractivity contribution in [2.45, 2.75) is 58.8 Å². The van der Waals surface area contributed by atoms with Crippen LogP contribution in [0.3, 0.4) is 0 Å². The second-order valence-electron chi connectivity index (χ2n) is 4.46. The van der Waals surface area contributed by atoms with Crippen molar-refractivity contribution in [1.82, 2.24) is 0 Å². The average Bonchev–Trinajstić information content (AvgIpc) is 2.44. The van der Waals surface area contributed by atoms with Crippen molar-refractivity contribution >= 4 is 11.9 Å². The van der Waals surface area contributed by atoms with Crippen LogP contribution >= 0.6 is 0 Å². The summed E-state index contributed by atoms with van der Waals surface area (Å²) in [5.74, 6) is -0.853. The molecule has 0 N–H and O–H groups in total. The molecule has 0 unspecified atom stereocenters. The van der Waals surface area contributed by atoms with Gasteiger partial charge >= 0.3 is 11.9 Å². The highest BCUT2D eigenvalue weighted by molar-refractivity contribution is 6.00. The van der Waals surface area contributed by atoms with Crippen molar-refractivity contribution < 1.29 is 19.1 Å². The lowest BCUT2D eigenvalue weighted by atomic mass is 9.99. The molecule has 0 fully saturated rings. The van der Waals surface area contributed by atoms with Gasteiger partial charge in [0.1, 0.15) is 0 Å². The van der Waals surface area contributed by atoms with E-state index in [0.29, 0.717) is 24.0 Å². The van der Waals surface area contributed by atoms with Crippen LogP contribution in [0.2, 0.25) is 0 Å². The molecular formula is C15H26O4. The monoisotopic (exact) mass is 270 g/mol. The summed E-state index contributed by atoms with van der Waals surface area (Å²) in [7, 11) is 2.66. The van der Waals surface area contributed by atoms with Crippen LogP contribution in [-0.4, -0.2) is 26.2 Å². The van der Waals surface area contributed by atoms with E-state index in [4.69, 9.17) is 9.47 Å². The van der Waals surface area contributed by atoms with Crippen LogP contribution in [0.4, 0.5) is 0 Å². The number of methoxy groups -OCH3 is 2. The van der Waals surface area contributed by atoms with Gasteiger partial charge in [-0.3, -0.25) is 0 Å². The zero-order valence-corrected chi connectivity index (χ0v) is 12.6. The molecule has 0 heterocycles. The maximum absolute atomic E-state index is 11.8. The molecule has 0 saturated carbocycles. The Morgan fingerprint density at radius 3 is 1.79 bits per heavy atom. The fraction of sp³-hybridized carbons (Fsp3) is 0.733. The van der Waals surface area contributed by atoms with Crippen LogP contribution in [0.5, 0.6) is 0 Å². The van der Waals surface area contributed by atoms with Gasteiger partial charge in [0, 0.05) is 11.1 Å². The molecule has 4 heteroatoms. The van der Waals surface area contributed by atoms with Gasteiger partial charge in [0.2, 0.25) is 0 Å². The van der Waals surface area contributed by atoms with E-state index in [0.717, 1.165) is 19.3 Å². The lowest BCUT2D eigenvalue weighted by molar-refractivity contribution is -0.139. The first-order valence-corrected chi connectivity index (χ1v) is 7.00. The summed E-state index contributed by atoms with van der Waals surface area (Å²) in [5.41, 5.74) is 0.901. The van der Waals surface area contributed by atoms with E-state index in [1.165, 1.54) is 27.1 Å². The van der Waals surface area contributed by atoms with Gasteiger partial charge in [-0.15, -0.1) is 0 Å². The highest BCUT2D eigenvalue weighted by Gasteiger charge is 2.20. The number of rotatable bonds is 9. The molecule has 0 saturated heterocycles. The van der Waals surface area contributed by atoms with Gasteiger partial charge in [-0.1, -0.05) is 39.5 Å². The Balaban J connectivity index is 4.74. The Bertz CT molecular complexity index is 318. The molecule has 4 nitrogen and oxygen atoms in total. The van der Waals surface area contributed by atoms with E-state index in [9.17, 15) is 9.59 Å². The average molecular weight is 270 g/mol. The third-order valence-electron chi connectivity index (χ3n) is 3.11. The highest BCUT2D eigenvalue weighted by atomic mass is 16.5. The summed E-state index contributed by atoms with van der Waals surface area (Å²) in [5, 5.41) is 0. The Morgan fingerprint density at radius 2 is 1.32 bits per heavy atom. The van der Waals surface area contributed by atoms with Crippen molar-refractivity contribution in [1.29, 1.82) is 0 Å². The predicted molar refractivity (Wildman–Crippen MR) is 74.7 cm³/mol. The third kappa shape index (κ3) is 6.41. The molecule has 19 heavy (non-hydrogen) atoms. The van der Waals surface area contributed by atoms with E-state index in [-0.39, 0.29) is 0 Å². The molecule has 0 rings (SSSR count). The second-order valence-corrected chi connectivity index (χ2v) is 4.46. The lowest BCUT2D eigenvalue weighted by Crippen LogP contribution is -2.14. The Kier molecular flexibility index (Phi) is 9.85. The first-order valence-electron chi connectivity index (χ1n) is 7.00. The summed E-state index contributed by atoms with van der Waals surface area (Å²) in [6.45, 7) is 4.00. The van der Waals surface area contributed by atoms with Crippen LogP contribution in [0.25, 0.3) is 0 Å². The molecule has 0 bridgehead atoms. The van der Waals surface area contributed by atoms with Gasteiger partial charge in [0.05, 0.1) is 14.2 Å². The number of carbonyl (C=O) groups is 2. The molecule has 0 aliphatic heterocycles. The van der Waals surface area contributed by atoms with Crippen LogP contribution in [0, 0.1) is 0 Å². The van der Waals surface area contributed by atoms with E-state index in [1.54, 1.807) is 0 Å². The minimum Gasteiger partial charge on any atom is -0.466 e. The van der Waals surface area contributed by atoms with Crippen LogP contribution < -0.4 is 0 Å². The third-order valence-corrected chi connectivity index (χ3v) is 3.11. The zero-order valence-electron chi connectivity index (χ0n) is 12.6. The van der Waals surface area contributed by atoms with E-state index in [1.807, 2.05) is 6.92 Å². The lowest BCUT2D eigenvalue weighted by Gasteiger charge is -2.11. The number of hydrogen-bond donors (Lipinski definition) is 0. The van der Waals surface area contributed by atoms with Crippen molar-refractivity contribution in [2.75, 3.05) is 14.2 Å². The molecule has 0 aliphatic rings. The zero-order chi connectivity index (χ0) is 14.7. The number of ether oxygens (including phenoxy) is 2. The molecule has 0 radical (unpaired) electrons. The maximum atomic E-state index is 11.8. The molecular weight excluding hydrogens is 244 g/mol. The highest BCUT2D eigenvalue weighted by Crippen LogP contribution is 2.19. The number of carbonyl (C=O) groups excluding carboxylic acids is 2. The molecule has 0 aromatic carbocycles. The van der Waals surface area contributed by atoms with Crippen molar-refractivity contribution in [3.63, 3.8) is 0 Å². The van der Waals surface area contributed by atoms with E-state index >= 15 is 0 Å². The van der Waals surface area contributed by atoms with Gasteiger partial charge in [-0.05, 0) is 19.3 Å². The molecule has 0 atom stereocenters. The topological polar surface area (TPSA) is 52.6 Å². The minimum absolute atomic E-state index is 0.419. The van der Waals surface area contributed by atoms with Gasteiger partial charge in [-0.25, -0.2) is 9.59 Å². The standard InChI is InChI=1S/C15H26O4/c1-5-7-8-9-10-11-13(15(17)19-4)12(6-2)14(16)18-3/h5-11H2,1-4H3/b13-12-. The summed E-state index contributed by atoms with van der Waals surface area (Å²) in [4.78, 5) is 23.4. The Morgan fingerprint density at radius 1 is 0.789 bits per heavy atom. The summed E-state index contributed by atoms with van der Waals surface area (Å²) in [6.07, 6.45) is 6.56. The largest absolute Gasteiger partial charge is 0.466 e. The van der Waals surface area contributed by atoms with Crippen molar-refractivity contribution in [2.24, 2.45) is 0 Å². The SMILES string of the molecule is CCCCCCC/C(C(=O)OC)=C(\CC)C(=O)OC. The number of unbranched alkanes of at least 4 members (excludes halogenated alkanes) is 4. The smallest absolute Gasteiger partial charge is 0.334 e. The van der Waals surface area contributed by atoms with Gasteiger partial charge in [0.25, 0.3) is 0 Å². The molecule has 0 aromatic heterocycles. The quantitative estimate of drug-likeness (QED) is 0.366. The molecule has 0 spiro atoms. The molecule has 0 amide bonds. The fourth-order valence-electron chi connectivity index (χ4n) is 2.01. The fourth-order valence-corrected chi connectivity index (χ4v) is 2.01. The van der Waals surface area contributed by atoms with Crippen LogP contribution in [-0.2, 0) is 19.1 Å². The maximum Gasteiger partial charge on any atom is 0.334 e. The number of esters is 2. The second kappa shape index (κ2) is 10.6. The van der Waals surface area contributed by atoms with Gasteiger partial charge in [-0.2, -0.15) is 0 Å². The number of hydrogen-bond acceptors (Lipinski definition) is 4. The normalized spacial score (nSPS) is 11.8. The van der Waals surface area contributed by atoms with Crippen molar-refractivity contribution in [3.05, 3.63) is 11.1 Å². The van der Waals surface area contributed by atoms with E-state index < -0.39 is 11.9 Å². The first kappa shape index (κ1) is 17.7. The molecule has 0 aliphatic carbocycles. The van der Waals surface area contributed by atoms with E-state index in [2.05, 4.69) is 6.92 Å². The van der Waals surface area contributed by atoms with Gasteiger partial charge in [0.15, 0.2) is 0 Å². The van der Waals surface area contributed by atoms with Crippen molar-refractivity contribution in [3.8, 4) is 0 Å². The summed E-state index contributed by atoms with van der Waals surface area (Å²) < 4.78 is 9.48. The minimum atomic E-state index is -0.434. The first-order chi connectivity index (χ1) is 9.12. The molecule has 110 valence electrons.